The van der Waals surface area contributed by atoms with Gasteiger partial charge in [-0.25, -0.2) is 0 Å². The van der Waals surface area contributed by atoms with E-state index in [9.17, 15) is 9.90 Å². The first-order valence-electron chi connectivity index (χ1n) is 4.13. The second kappa shape index (κ2) is 3.41. The number of primary amides is 1. The first-order valence-corrected chi connectivity index (χ1v) is 4.13. The van der Waals surface area contributed by atoms with Crippen molar-refractivity contribution >= 4 is 5.91 Å². The highest BCUT2D eigenvalue weighted by atomic mass is 16.5. The average molecular weight is 173 g/mol. The van der Waals surface area contributed by atoms with E-state index in [1.54, 1.807) is 7.11 Å². The van der Waals surface area contributed by atoms with Crippen molar-refractivity contribution < 1.29 is 14.6 Å². The van der Waals surface area contributed by atoms with Gasteiger partial charge in [0, 0.05) is 13.5 Å². The molecule has 1 aliphatic carbocycles. The molecular formula is C8H15NO3. The minimum absolute atomic E-state index is 0.0312. The van der Waals surface area contributed by atoms with Crippen LogP contribution in [0, 0.1) is 0 Å². The molecule has 0 bridgehead atoms. The van der Waals surface area contributed by atoms with Crippen LogP contribution in [0.5, 0.6) is 0 Å². The van der Waals surface area contributed by atoms with E-state index in [0.29, 0.717) is 12.8 Å². The first kappa shape index (κ1) is 9.48. The Morgan fingerprint density at radius 2 is 2.42 bits per heavy atom. The number of carbonyl (C=O) groups is 1. The van der Waals surface area contributed by atoms with Gasteiger partial charge in [0.05, 0.1) is 6.10 Å². The molecule has 0 aromatic heterocycles. The maximum atomic E-state index is 10.9. The Morgan fingerprint density at radius 3 is 2.92 bits per heavy atom. The van der Waals surface area contributed by atoms with Crippen LogP contribution < -0.4 is 5.73 Å². The molecule has 1 saturated carbocycles. The molecule has 4 heteroatoms. The van der Waals surface area contributed by atoms with Gasteiger partial charge in [0.25, 0.3) is 0 Å². The normalized spacial score (nSPS) is 36.3. The van der Waals surface area contributed by atoms with Crippen molar-refractivity contribution in [2.24, 2.45) is 5.73 Å². The van der Waals surface area contributed by atoms with E-state index in [-0.39, 0.29) is 6.10 Å². The summed E-state index contributed by atoms with van der Waals surface area (Å²) in [5, 5.41) is 9.70. The largest absolute Gasteiger partial charge is 0.381 e. The molecule has 0 aromatic rings. The smallest absolute Gasteiger partial charge is 0.249 e. The molecule has 12 heavy (non-hydrogen) atoms. The van der Waals surface area contributed by atoms with E-state index >= 15 is 0 Å². The molecule has 2 unspecified atom stereocenters. The van der Waals surface area contributed by atoms with Gasteiger partial charge in [0.1, 0.15) is 5.60 Å². The van der Waals surface area contributed by atoms with E-state index in [0.717, 1.165) is 12.8 Å². The molecule has 0 saturated heterocycles. The van der Waals surface area contributed by atoms with Gasteiger partial charge in [0.15, 0.2) is 0 Å². The third-order valence-electron chi connectivity index (χ3n) is 2.47. The zero-order valence-corrected chi connectivity index (χ0v) is 7.25. The maximum absolute atomic E-state index is 10.9. The zero-order chi connectivity index (χ0) is 9.19. The van der Waals surface area contributed by atoms with Gasteiger partial charge in [-0.05, 0) is 19.3 Å². The number of nitrogens with two attached hydrogens (primary N) is 1. The fourth-order valence-corrected chi connectivity index (χ4v) is 1.63. The second-order valence-electron chi connectivity index (χ2n) is 3.35. The highest BCUT2D eigenvalue weighted by Gasteiger charge is 2.39. The van der Waals surface area contributed by atoms with Gasteiger partial charge >= 0.3 is 0 Å². The molecule has 1 fully saturated rings. The summed E-state index contributed by atoms with van der Waals surface area (Å²) in [6.07, 6.45) is 2.45. The maximum Gasteiger partial charge on any atom is 0.249 e. The number of hydrogen-bond acceptors (Lipinski definition) is 3. The Hall–Kier alpha value is -0.610. The fraction of sp³-hybridized carbons (Fsp3) is 0.875. The fourth-order valence-electron chi connectivity index (χ4n) is 1.63. The van der Waals surface area contributed by atoms with Crippen LogP contribution in [0.15, 0.2) is 0 Å². The summed E-state index contributed by atoms with van der Waals surface area (Å²) < 4.78 is 5.07. The van der Waals surface area contributed by atoms with Crippen molar-refractivity contribution in [3.8, 4) is 0 Å². The lowest BCUT2D eigenvalue weighted by molar-refractivity contribution is -0.144. The Bertz CT molecular complexity index is 183. The number of methoxy groups -OCH3 is 1. The topological polar surface area (TPSA) is 72.6 Å². The third kappa shape index (κ3) is 1.76. The summed E-state index contributed by atoms with van der Waals surface area (Å²) in [7, 11) is 1.58. The lowest BCUT2D eigenvalue weighted by Gasteiger charge is -2.33. The van der Waals surface area contributed by atoms with Crippen LogP contribution in [0.2, 0.25) is 0 Å². The number of aliphatic hydroxyl groups is 1. The van der Waals surface area contributed by atoms with Crippen LogP contribution in [-0.2, 0) is 9.53 Å². The van der Waals surface area contributed by atoms with Crippen molar-refractivity contribution in [2.75, 3.05) is 7.11 Å². The Morgan fingerprint density at radius 1 is 1.75 bits per heavy atom. The van der Waals surface area contributed by atoms with Gasteiger partial charge in [-0.1, -0.05) is 0 Å². The van der Waals surface area contributed by atoms with E-state index < -0.39 is 11.5 Å². The lowest BCUT2D eigenvalue weighted by atomic mass is 9.82. The predicted octanol–water partition coefficient (Wildman–Crippen LogP) is -0.208. The van der Waals surface area contributed by atoms with E-state index in [1.165, 1.54) is 0 Å². The number of rotatable bonds is 2. The van der Waals surface area contributed by atoms with Gasteiger partial charge in [-0.3, -0.25) is 4.79 Å². The van der Waals surface area contributed by atoms with E-state index in [1.807, 2.05) is 0 Å². The van der Waals surface area contributed by atoms with Crippen LogP contribution in [0.25, 0.3) is 0 Å². The summed E-state index contributed by atoms with van der Waals surface area (Å²) in [5.41, 5.74) is 3.74. The zero-order valence-electron chi connectivity index (χ0n) is 7.25. The van der Waals surface area contributed by atoms with Gasteiger partial charge in [0.2, 0.25) is 5.91 Å². The minimum atomic E-state index is -1.33. The molecular weight excluding hydrogens is 158 g/mol. The summed E-state index contributed by atoms with van der Waals surface area (Å²) in [6, 6.07) is 0. The number of carbonyl (C=O) groups excluding carboxylic acids is 1. The van der Waals surface area contributed by atoms with Crippen molar-refractivity contribution in [3.05, 3.63) is 0 Å². The molecule has 0 aliphatic heterocycles. The lowest BCUT2D eigenvalue weighted by Crippen LogP contribution is -2.48. The van der Waals surface area contributed by atoms with E-state index in [4.69, 9.17) is 10.5 Å². The Kier molecular flexibility index (Phi) is 2.69. The van der Waals surface area contributed by atoms with Crippen molar-refractivity contribution in [1.29, 1.82) is 0 Å². The standard InChI is InChI=1S/C8H15NO3/c1-12-6-3-2-4-8(11,5-6)7(9)10/h6,11H,2-5H2,1H3,(H2,9,10). The summed E-state index contributed by atoms with van der Waals surface area (Å²) in [4.78, 5) is 10.9. The predicted molar refractivity (Wildman–Crippen MR) is 43.4 cm³/mol. The molecule has 70 valence electrons. The Balaban J connectivity index is 2.61. The van der Waals surface area contributed by atoms with Crippen LogP contribution in [0.3, 0.4) is 0 Å². The summed E-state index contributed by atoms with van der Waals surface area (Å²) >= 11 is 0. The van der Waals surface area contributed by atoms with Gasteiger partial charge in [-0.15, -0.1) is 0 Å². The van der Waals surface area contributed by atoms with Gasteiger partial charge in [-0.2, -0.15) is 0 Å². The number of amides is 1. The Labute approximate surface area is 71.7 Å². The van der Waals surface area contributed by atoms with Crippen LogP contribution in [-0.4, -0.2) is 29.8 Å². The highest BCUT2D eigenvalue weighted by Crippen LogP contribution is 2.29. The molecule has 3 N–H and O–H groups in total. The number of ether oxygens (including phenoxy) is 1. The molecule has 1 amide bonds. The first-order chi connectivity index (χ1) is 5.58. The second-order valence-corrected chi connectivity index (χ2v) is 3.35. The summed E-state index contributed by atoms with van der Waals surface area (Å²) in [6.45, 7) is 0. The molecule has 1 aliphatic rings. The SMILES string of the molecule is COC1CCCC(O)(C(N)=O)C1. The van der Waals surface area contributed by atoms with Crippen molar-refractivity contribution in [1.82, 2.24) is 0 Å². The molecule has 4 nitrogen and oxygen atoms in total. The van der Waals surface area contributed by atoms with Crippen molar-refractivity contribution in [3.63, 3.8) is 0 Å². The molecule has 0 aromatic carbocycles. The van der Waals surface area contributed by atoms with Gasteiger partial charge < -0.3 is 15.6 Å². The average Bonchev–Trinajstić information content (AvgIpc) is 2.04. The monoisotopic (exact) mass is 173 g/mol. The molecule has 0 radical (unpaired) electrons. The minimum Gasteiger partial charge on any atom is -0.381 e. The summed E-state index contributed by atoms with van der Waals surface area (Å²) in [5.74, 6) is -0.635. The molecule has 0 spiro atoms. The molecule has 1 rings (SSSR count). The quantitative estimate of drug-likeness (QED) is 0.607. The van der Waals surface area contributed by atoms with E-state index in [2.05, 4.69) is 0 Å². The van der Waals surface area contributed by atoms with Crippen LogP contribution in [0.1, 0.15) is 25.7 Å². The van der Waals surface area contributed by atoms with Crippen molar-refractivity contribution in [2.45, 2.75) is 37.4 Å². The molecule has 0 heterocycles. The van der Waals surface area contributed by atoms with Crippen LogP contribution in [0.4, 0.5) is 0 Å². The molecule has 2 atom stereocenters. The van der Waals surface area contributed by atoms with Crippen LogP contribution >= 0.6 is 0 Å². The highest BCUT2D eigenvalue weighted by molar-refractivity contribution is 5.83. The third-order valence-corrected chi connectivity index (χ3v) is 2.47. The number of hydrogen-bond donors (Lipinski definition) is 2.